The lowest BCUT2D eigenvalue weighted by molar-refractivity contribution is 0.660. The fourth-order valence-electron chi connectivity index (χ4n) is 11.5. The van der Waals surface area contributed by atoms with Crippen LogP contribution in [0.5, 0.6) is 0 Å². The summed E-state index contributed by atoms with van der Waals surface area (Å²) in [7, 11) is 0. The second-order valence-electron chi connectivity index (χ2n) is 18.5. The molecule has 0 N–H and O–H groups in total. The Bertz CT molecular complexity index is 4000. The van der Waals surface area contributed by atoms with Crippen LogP contribution in [0.2, 0.25) is 0 Å². The van der Waals surface area contributed by atoms with Gasteiger partial charge in [0.2, 0.25) is 0 Å². The molecule has 14 rings (SSSR count). The third-order valence-corrected chi connectivity index (χ3v) is 14.7. The van der Waals surface area contributed by atoms with E-state index < -0.39 is 0 Å². The fraction of sp³-hybridized carbons (Fsp3) is 0.0476. The molecule has 0 radical (unpaired) electrons. The summed E-state index contributed by atoms with van der Waals surface area (Å²) in [6.07, 6.45) is 0. The molecule has 0 unspecified atom stereocenters. The van der Waals surface area contributed by atoms with Crippen molar-refractivity contribution in [2.75, 3.05) is 4.90 Å². The highest BCUT2D eigenvalue weighted by Gasteiger charge is 2.36. The first kappa shape index (κ1) is 37.0. The lowest BCUT2D eigenvalue weighted by atomic mass is 9.81. The van der Waals surface area contributed by atoms with Crippen molar-refractivity contribution >= 4 is 77.0 Å². The molecule has 1 aliphatic rings. The maximum absolute atomic E-state index is 2.46. The molecule has 3 nitrogen and oxygen atoms in total. The van der Waals surface area contributed by atoms with Crippen LogP contribution in [-0.2, 0) is 5.41 Å². The normalized spacial score (nSPS) is 13.1. The largest absolute Gasteiger partial charge is 0.310 e. The SMILES string of the molecule is CC1(C)c2cc(-c3ccc4c(c3)c3cccc5c6ccccc6n4c53)ccc2-c2ccc(N(c3ccc(-c4ccccc4)cc3)c3ccc(-n4c5ccccc5c5ccccc54)cc3)cc21. The van der Waals surface area contributed by atoms with E-state index in [1.165, 1.54) is 104 Å². The number of aromatic nitrogens is 2. The zero-order valence-electron chi connectivity index (χ0n) is 36.7. The van der Waals surface area contributed by atoms with Crippen LogP contribution >= 0.6 is 0 Å². The summed E-state index contributed by atoms with van der Waals surface area (Å²) in [5, 5.41) is 7.76. The van der Waals surface area contributed by atoms with Gasteiger partial charge in [-0.2, -0.15) is 0 Å². The Balaban J connectivity index is 0.864. The lowest BCUT2D eigenvalue weighted by Gasteiger charge is -2.28. The minimum atomic E-state index is -0.223. The minimum Gasteiger partial charge on any atom is -0.310 e. The summed E-state index contributed by atoms with van der Waals surface area (Å²) in [5.41, 5.74) is 20.7. The van der Waals surface area contributed by atoms with Crippen molar-refractivity contribution in [3.63, 3.8) is 0 Å². The van der Waals surface area contributed by atoms with E-state index >= 15 is 0 Å². The summed E-state index contributed by atoms with van der Waals surface area (Å²) in [4.78, 5) is 2.42. The minimum absolute atomic E-state index is 0.223. The van der Waals surface area contributed by atoms with E-state index in [9.17, 15) is 0 Å². The number of hydrogen-bond donors (Lipinski definition) is 0. The summed E-state index contributed by atoms with van der Waals surface area (Å²) in [5.74, 6) is 0. The van der Waals surface area contributed by atoms with E-state index in [1.54, 1.807) is 0 Å². The van der Waals surface area contributed by atoms with Gasteiger partial charge in [0.1, 0.15) is 0 Å². The van der Waals surface area contributed by atoms with Crippen molar-refractivity contribution in [1.82, 2.24) is 8.97 Å². The van der Waals surface area contributed by atoms with E-state index in [-0.39, 0.29) is 5.41 Å². The van der Waals surface area contributed by atoms with Gasteiger partial charge in [0.25, 0.3) is 0 Å². The highest BCUT2D eigenvalue weighted by atomic mass is 15.1. The number of rotatable bonds is 6. The van der Waals surface area contributed by atoms with Crippen molar-refractivity contribution in [3.8, 4) is 39.1 Å². The third-order valence-electron chi connectivity index (χ3n) is 14.7. The molecular formula is C63H43N3. The molecule has 66 heavy (non-hydrogen) atoms. The Morgan fingerprint density at radius 3 is 1.50 bits per heavy atom. The monoisotopic (exact) mass is 841 g/mol. The highest BCUT2D eigenvalue weighted by Crippen LogP contribution is 2.52. The Morgan fingerprint density at radius 1 is 0.333 bits per heavy atom. The molecule has 0 spiro atoms. The molecule has 0 saturated carbocycles. The molecular weight excluding hydrogens is 799 g/mol. The molecule has 3 aromatic heterocycles. The van der Waals surface area contributed by atoms with Crippen LogP contribution in [0.1, 0.15) is 25.0 Å². The Labute approximate surface area is 383 Å². The van der Waals surface area contributed by atoms with Crippen molar-refractivity contribution in [3.05, 3.63) is 236 Å². The molecule has 310 valence electrons. The van der Waals surface area contributed by atoms with Gasteiger partial charge in [-0.05, 0) is 129 Å². The smallest absolute Gasteiger partial charge is 0.0620 e. The molecule has 0 aliphatic heterocycles. The van der Waals surface area contributed by atoms with E-state index in [4.69, 9.17) is 0 Å². The van der Waals surface area contributed by atoms with E-state index in [0.717, 1.165) is 22.7 Å². The van der Waals surface area contributed by atoms with Gasteiger partial charge in [0.15, 0.2) is 0 Å². The van der Waals surface area contributed by atoms with Gasteiger partial charge >= 0.3 is 0 Å². The molecule has 3 heterocycles. The van der Waals surface area contributed by atoms with Gasteiger partial charge < -0.3 is 13.9 Å². The van der Waals surface area contributed by atoms with Crippen molar-refractivity contribution in [2.24, 2.45) is 0 Å². The number of anilines is 3. The summed E-state index contributed by atoms with van der Waals surface area (Å²) in [6.45, 7) is 4.79. The highest BCUT2D eigenvalue weighted by molar-refractivity contribution is 6.23. The van der Waals surface area contributed by atoms with Crippen LogP contribution in [0.4, 0.5) is 17.1 Å². The molecule has 3 heteroatoms. The molecule has 0 bridgehead atoms. The second kappa shape index (κ2) is 13.8. The first-order valence-corrected chi connectivity index (χ1v) is 23.0. The van der Waals surface area contributed by atoms with Gasteiger partial charge in [-0.25, -0.2) is 0 Å². The summed E-state index contributed by atoms with van der Waals surface area (Å²) < 4.78 is 4.85. The molecule has 0 atom stereocenters. The van der Waals surface area contributed by atoms with Crippen LogP contribution in [0.15, 0.2) is 224 Å². The van der Waals surface area contributed by atoms with E-state index in [1.807, 2.05) is 0 Å². The maximum Gasteiger partial charge on any atom is 0.0620 e. The van der Waals surface area contributed by atoms with Crippen molar-refractivity contribution in [1.29, 1.82) is 0 Å². The summed E-state index contributed by atoms with van der Waals surface area (Å²) in [6, 6.07) is 83.0. The number of para-hydroxylation sites is 4. The molecule has 13 aromatic rings. The number of fused-ring (bicyclic) bond motifs is 12. The second-order valence-corrected chi connectivity index (χ2v) is 18.5. The molecule has 0 fully saturated rings. The lowest BCUT2D eigenvalue weighted by Crippen LogP contribution is -2.16. The van der Waals surface area contributed by atoms with Gasteiger partial charge in [0, 0.05) is 60.5 Å². The van der Waals surface area contributed by atoms with E-state index in [0.29, 0.717) is 0 Å². The first-order chi connectivity index (χ1) is 32.5. The Morgan fingerprint density at radius 2 is 0.803 bits per heavy atom. The first-order valence-electron chi connectivity index (χ1n) is 23.0. The number of nitrogens with zero attached hydrogens (tertiary/aromatic N) is 3. The molecule has 0 saturated heterocycles. The molecule has 0 amide bonds. The average Bonchev–Trinajstić information content (AvgIpc) is 4.07. The van der Waals surface area contributed by atoms with Crippen LogP contribution in [0, 0.1) is 0 Å². The van der Waals surface area contributed by atoms with Crippen LogP contribution in [-0.4, -0.2) is 8.97 Å². The van der Waals surface area contributed by atoms with Gasteiger partial charge in [-0.3, -0.25) is 0 Å². The quantitative estimate of drug-likeness (QED) is 0.162. The zero-order chi connectivity index (χ0) is 43.7. The number of benzene rings is 10. The molecule has 10 aromatic carbocycles. The van der Waals surface area contributed by atoms with Gasteiger partial charge in [0.05, 0.1) is 27.6 Å². The van der Waals surface area contributed by atoms with E-state index in [2.05, 4.69) is 252 Å². The predicted molar refractivity (Wildman–Crippen MR) is 279 cm³/mol. The number of hydrogen-bond acceptors (Lipinski definition) is 1. The van der Waals surface area contributed by atoms with Gasteiger partial charge in [-0.15, -0.1) is 0 Å². The van der Waals surface area contributed by atoms with Crippen molar-refractivity contribution in [2.45, 2.75) is 19.3 Å². The van der Waals surface area contributed by atoms with Crippen LogP contribution < -0.4 is 4.90 Å². The fourth-order valence-corrected chi connectivity index (χ4v) is 11.5. The average molecular weight is 842 g/mol. The Kier molecular flexibility index (Phi) is 7.74. The predicted octanol–water partition coefficient (Wildman–Crippen LogP) is 17.0. The maximum atomic E-state index is 2.46. The standard InChI is InChI=1S/C63H43N3/c1-63(2)56-38-43(42-26-36-61-55(37-42)54-19-12-18-53-52-17-8-11-22-60(52)66(61)62(53)54)25-34-48(56)49-35-33-47(39-57(49)63)64(44-27-23-41(24-28-44)40-13-4-3-5-14-40)45-29-31-46(32-30-45)65-58-20-9-6-15-50(58)51-16-7-10-21-59(51)65/h3-39H,1-2H3. The third kappa shape index (κ3) is 5.26. The van der Waals surface area contributed by atoms with Crippen molar-refractivity contribution < 1.29 is 0 Å². The zero-order valence-corrected chi connectivity index (χ0v) is 36.7. The Hall–Kier alpha value is -8.40. The topological polar surface area (TPSA) is 12.6 Å². The van der Waals surface area contributed by atoms with Crippen LogP contribution in [0.3, 0.4) is 0 Å². The molecule has 1 aliphatic carbocycles. The summed E-state index contributed by atoms with van der Waals surface area (Å²) >= 11 is 0. The van der Waals surface area contributed by atoms with Gasteiger partial charge in [-0.1, -0.05) is 153 Å². The van der Waals surface area contributed by atoms with Crippen LogP contribution in [0.25, 0.3) is 99.0 Å².